The fourth-order valence-corrected chi connectivity index (χ4v) is 2.33. The van der Waals surface area contributed by atoms with Crippen molar-refractivity contribution in [2.45, 2.75) is 32.7 Å². The quantitative estimate of drug-likeness (QED) is 0.835. The number of nitrogens with one attached hydrogen (secondary N) is 1. The molecule has 16 heavy (non-hydrogen) atoms. The molecule has 2 nitrogen and oxygen atoms in total. The zero-order valence-electron chi connectivity index (χ0n) is 10.4. The molecule has 2 heteroatoms. The van der Waals surface area contributed by atoms with Crippen LogP contribution in [0.2, 0.25) is 0 Å². The topological polar surface area (TPSA) is 15.3 Å². The van der Waals surface area contributed by atoms with Crippen molar-refractivity contribution >= 4 is 5.69 Å². The van der Waals surface area contributed by atoms with Crippen LogP contribution in [0.1, 0.15) is 25.3 Å². The third kappa shape index (κ3) is 2.76. The van der Waals surface area contributed by atoms with Crippen LogP contribution in [0.3, 0.4) is 0 Å². The summed E-state index contributed by atoms with van der Waals surface area (Å²) in [6.45, 7) is 7.87. The van der Waals surface area contributed by atoms with E-state index in [0.717, 1.165) is 13.1 Å². The van der Waals surface area contributed by atoms with Gasteiger partial charge >= 0.3 is 0 Å². The monoisotopic (exact) mass is 218 g/mol. The Morgan fingerprint density at radius 2 is 2.31 bits per heavy atom. The first kappa shape index (κ1) is 11.5. The van der Waals surface area contributed by atoms with Gasteiger partial charge in [0.2, 0.25) is 0 Å². The lowest BCUT2D eigenvalue weighted by atomic mass is 10.2. The lowest BCUT2D eigenvalue weighted by Crippen LogP contribution is -2.32. The molecule has 0 aliphatic carbocycles. The molecule has 0 spiro atoms. The molecule has 0 saturated carbocycles. The molecular formula is C14H22N2. The summed E-state index contributed by atoms with van der Waals surface area (Å²) in [5.41, 5.74) is 2.73. The maximum Gasteiger partial charge on any atom is 0.0369 e. The molecule has 0 aromatic heterocycles. The highest BCUT2D eigenvalue weighted by molar-refractivity contribution is 5.49. The maximum atomic E-state index is 3.60. The molecule has 1 saturated heterocycles. The minimum absolute atomic E-state index is 0.681. The molecule has 0 bridgehead atoms. The number of aryl methyl sites for hydroxylation is 1. The number of nitrogens with zero attached hydrogens (tertiary/aromatic N) is 1. The lowest BCUT2D eigenvalue weighted by molar-refractivity contribution is 0.549. The Morgan fingerprint density at radius 3 is 3.06 bits per heavy atom. The third-order valence-corrected chi connectivity index (χ3v) is 3.24. The second kappa shape index (κ2) is 5.35. The van der Waals surface area contributed by atoms with Crippen molar-refractivity contribution in [3.05, 3.63) is 29.8 Å². The first-order chi connectivity index (χ1) is 7.79. The minimum atomic E-state index is 0.681. The van der Waals surface area contributed by atoms with Gasteiger partial charge in [-0.2, -0.15) is 0 Å². The summed E-state index contributed by atoms with van der Waals surface area (Å²) in [6, 6.07) is 9.49. The number of anilines is 1. The second-order valence-electron chi connectivity index (χ2n) is 4.72. The summed E-state index contributed by atoms with van der Waals surface area (Å²) in [4.78, 5) is 2.49. The summed E-state index contributed by atoms with van der Waals surface area (Å²) >= 11 is 0. The Hall–Kier alpha value is -1.02. The van der Waals surface area contributed by atoms with Crippen molar-refractivity contribution in [1.29, 1.82) is 0 Å². The molecule has 1 N–H and O–H groups in total. The van der Waals surface area contributed by atoms with Crippen molar-refractivity contribution in [3.8, 4) is 0 Å². The van der Waals surface area contributed by atoms with Crippen LogP contribution in [0.15, 0.2) is 24.3 Å². The van der Waals surface area contributed by atoms with Gasteiger partial charge in [-0.3, -0.25) is 0 Å². The van der Waals surface area contributed by atoms with Crippen LogP contribution < -0.4 is 10.2 Å². The zero-order chi connectivity index (χ0) is 11.4. The van der Waals surface area contributed by atoms with E-state index in [2.05, 4.69) is 48.3 Å². The number of rotatable bonds is 4. The van der Waals surface area contributed by atoms with Gasteiger partial charge in [-0.05, 0) is 44.0 Å². The van der Waals surface area contributed by atoms with Crippen molar-refractivity contribution in [2.24, 2.45) is 0 Å². The average molecular weight is 218 g/mol. The van der Waals surface area contributed by atoms with Gasteiger partial charge in [0.15, 0.2) is 0 Å². The van der Waals surface area contributed by atoms with Crippen LogP contribution >= 0.6 is 0 Å². The summed E-state index contributed by atoms with van der Waals surface area (Å²) in [5, 5.41) is 3.60. The highest BCUT2D eigenvalue weighted by atomic mass is 15.2. The van der Waals surface area contributed by atoms with Gasteiger partial charge in [-0.25, -0.2) is 0 Å². The highest BCUT2D eigenvalue weighted by Crippen LogP contribution is 2.21. The van der Waals surface area contributed by atoms with E-state index in [1.807, 2.05) is 0 Å². The molecule has 2 rings (SSSR count). The Morgan fingerprint density at radius 1 is 1.44 bits per heavy atom. The van der Waals surface area contributed by atoms with Crippen LogP contribution in [0.25, 0.3) is 0 Å². The molecule has 1 aliphatic rings. The van der Waals surface area contributed by atoms with Gasteiger partial charge < -0.3 is 10.2 Å². The molecule has 1 unspecified atom stereocenters. The largest absolute Gasteiger partial charge is 0.370 e. The van der Waals surface area contributed by atoms with Gasteiger partial charge in [0, 0.05) is 24.8 Å². The predicted octanol–water partition coefficient (Wildman–Crippen LogP) is 2.57. The van der Waals surface area contributed by atoms with Crippen molar-refractivity contribution in [3.63, 3.8) is 0 Å². The van der Waals surface area contributed by atoms with E-state index < -0.39 is 0 Å². The SMILES string of the molecule is CCCNC1CCN(c2cccc(C)c2)C1. The average Bonchev–Trinajstić information content (AvgIpc) is 2.75. The van der Waals surface area contributed by atoms with E-state index in [1.54, 1.807) is 0 Å². The van der Waals surface area contributed by atoms with Gasteiger partial charge in [0.1, 0.15) is 0 Å². The van der Waals surface area contributed by atoms with Crippen molar-refractivity contribution < 1.29 is 0 Å². The first-order valence-electron chi connectivity index (χ1n) is 6.34. The molecule has 88 valence electrons. The van der Waals surface area contributed by atoms with Crippen LogP contribution in [0, 0.1) is 6.92 Å². The number of benzene rings is 1. The number of hydrogen-bond acceptors (Lipinski definition) is 2. The molecule has 1 atom stereocenters. The standard InChI is InChI=1S/C14H22N2/c1-3-8-15-13-7-9-16(11-13)14-6-4-5-12(2)10-14/h4-6,10,13,15H,3,7-9,11H2,1-2H3. The molecule has 1 aliphatic heterocycles. The third-order valence-electron chi connectivity index (χ3n) is 3.24. The Bertz CT molecular complexity index is 335. The highest BCUT2D eigenvalue weighted by Gasteiger charge is 2.21. The maximum absolute atomic E-state index is 3.60. The minimum Gasteiger partial charge on any atom is -0.370 e. The molecule has 0 amide bonds. The molecule has 0 radical (unpaired) electrons. The molecular weight excluding hydrogens is 196 g/mol. The van der Waals surface area contributed by atoms with Gasteiger partial charge in [-0.15, -0.1) is 0 Å². The van der Waals surface area contributed by atoms with E-state index in [4.69, 9.17) is 0 Å². The summed E-state index contributed by atoms with van der Waals surface area (Å²) in [6.07, 6.45) is 2.49. The van der Waals surface area contributed by atoms with E-state index in [0.29, 0.717) is 6.04 Å². The van der Waals surface area contributed by atoms with Crippen LogP contribution in [-0.4, -0.2) is 25.7 Å². The molecule has 1 fully saturated rings. The smallest absolute Gasteiger partial charge is 0.0369 e. The fraction of sp³-hybridized carbons (Fsp3) is 0.571. The first-order valence-corrected chi connectivity index (χ1v) is 6.34. The molecule has 1 aromatic carbocycles. The van der Waals surface area contributed by atoms with E-state index in [1.165, 1.54) is 30.6 Å². The summed E-state index contributed by atoms with van der Waals surface area (Å²) in [7, 11) is 0. The van der Waals surface area contributed by atoms with Crippen LogP contribution in [-0.2, 0) is 0 Å². The zero-order valence-corrected chi connectivity index (χ0v) is 10.4. The van der Waals surface area contributed by atoms with Crippen LogP contribution in [0.5, 0.6) is 0 Å². The van der Waals surface area contributed by atoms with E-state index in [9.17, 15) is 0 Å². The lowest BCUT2D eigenvalue weighted by Gasteiger charge is -2.19. The van der Waals surface area contributed by atoms with Gasteiger partial charge in [0.05, 0.1) is 0 Å². The van der Waals surface area contributed by atoms with Crippen molar-refractivity contribution in [2.75, 3.05) is 24.5 Å². The Kier molecular flexibility index (Phi) is 3.83. The Balaban J connectivity index is 1.93. The number of hydrogen-bond donors (Lipinski definition) is 1. The Labute approximate surface area is 98.7 Å². The van der Waals surface area contributed by atoms with E-state index in [-0.39, 0.29) is 0 Å². The van der Waals surface area contributed by atoms with Gasteiger partial charge in [0.25, 0.3) is 0 Å². The van der Waals surface area contributed by atoms with Crippen molar-refractivity contribution in [1.82, 2.24) is 5.32 Å². The van der Waals surface area contributed by atoms with Gasteiger partial charge in [-0.1, -0.05) is 19.1 Å². The normalized spacial score (nSPS) is 20.4. The molecule has 1 heterocycles. The summed E-state index contributed by atoms with van der Waals surface area (Å²) < 4.78 is 0. The van der Waals surface area contributed by atoms with Crippen LogP contribution in [0.4, 0.5) is 5.69 Å². The van der Waals surface area contributed by atoms with E-state index >= 15 is 0 Å². The summed E-state index contributed by atoms with van der Waals surface area (Å²) in [5.74, 6) is 0. The predicted molar refractivity (Wildman–Crippen MR) is 70.1 cm³/mol. The fourth-order valence-electron chi connectivity index (χ4n) is 2.33. The second-order valence-corrected chi connectivity index (χ2v) is 4.72. The molecule has 1 aromatic rings.